The van der Waals surface area contributed by atoms with Crippen LogP contribution in [0, 0.1) is 3.57 Å². The minimum Gasteiger partial charge on any atom is -0.495 e. The van der Waals surface area contributed by atoms with Crippen molar-refractivity contribution in [3.63, 3.8) is 0 Å². The lowest BCUT2D eigenvalue weighted by molar-refractivity contribution is 0.0949. The first-order valence-corrected chi connectivity index (χ1v) is 7.41. The first kappa shape index (κ1) is 16.1. The molecule has 0 aliphatic carbocycles. The lowest BCUT2D eigenvalue weighted by Crippen LogP contribution is -2.19. The first-order chi connectivity index (χ1) is 10.0. The van der Waals surface area contributed by atoms with E-state index in [4.69, 9.17) is 27.9 Å². The van der Waals surface area contributed by atoms with Crippen molar-refractivity contribution in [1.82, 2.24) is 15.6 Å². The van der Waals surface area contributed by atoms with E-state index in [2.05, 4.69) is 20.7 Å². The number of methoxy groups -OCH3 is 1. The number of ether oxygens (including phenoxy) is 1. The Balaban J connectivity index is 2.15. The number of halogens is 3. The molecule has 1 heterocycles. The highest BCUT2D eigenvalue weighted by Gasteiger charge is 2.11. The van der Waals surface area contributed by atoms with Gasteiger partial charge in [-0.05, 0) is 34.7 Å². The molecular weight excluding hydrogens is 430 g/mol. The van der Waals surface area contributed by atoms with Gasteiger partial charge in [0.05, 0.1) is 28.1 Å². The summed E-state index contributed by atoms with van der Waals surface area (Å²) in [4.78, 5) is 11.8. The van der Waals surface area contributed by atoms with Gasteiger partial charge in [-0.2, -0.15) is 10.2 Å². The quantitative estimate of drug-likeness (QED) is 0.437. The smallest absolute Gasteiger partial charge is 0.290 e. The maximum absolute atomic E-state index is 11.8. The number of carbonyl (C=O) groups is 1. The Hall–Kier alpha value is -1.32. The zero-order chi connectivity index (χ0) is 15.4. The molecule has 0 spiro atoms. The number of hydrogen-bond donors (Lipinski definition) is 2. The van der Waals surface area contributed by atoms with E-state index in [1.165, 1.54) is 13.3 Å². The van der Waals surface area contributed by atoms with Gasteiger partial charge in [-0.1, -0.05) is 23.2 Å². The molecule has 2 N–H and O–H groups in total. The maximum atomic E-state index is 11.8. The van der Waals surface area contributed by atoms with Crippen molar-refractivity contribution in [1.29, 1.82) is 0 Å². The minimum atomic E-state index is -0.403. The second-order valence-electron chi connectivity index (χ2n) is 3.80. The maximum Gasteiger partial charge on any atom is 0.290 e. The molecule has 110 valence electrons. The molecule has 1 aromatic heterocycles. The van der Waals surface area contributed by atoms with E-state index in [9.17, 15) is 4.79 Å². The fraction of sp³-hybridized carbons (Fsp3) is 0.0833. The number of hydrogen-bond acceptors (Lipinski definition) is 4. The molecule has 0 saturated carbocycles. The van der Waals surface area contributed by atoms with Crippen LogP contribution in [-0.4, -0.2) is 29.4 Å². The van der Waals surface area contributed by atoms with Gasteiger partial charge in [0.25, 0.3) is 5.91 Å². The Kier molecular flexibility index (Phi) is 5.43. The molecule has 0 aliphatic rings. The third kappa shape index (κ3) is 3.86. The molecule has 0 bridgehead atoms. The van der Waals surface area contributed by atoms with Crippen molar-refractivity contribution in [2.24, 2.45) is 5.10 Å². The average Bonchev–Trinajstić information content (AvgIpc) is 2.84. The fourth-order valence-corrected chi connectivity index (χ4v) is 2.63. The summed E-state index contributed by atoms with van der Waals surface area (Å²) in [6, 6.07) is 3.19. The van der Waals surface area contributed by atoms with Crippen LogP contribution >= 0.6 is 45.8 Å². The van der Waals surface area contributed by atoms with Gasteiger partial charge in [0, 0.05) is 10.6 Å². The zero-order valence-corrected chi connectivity index (χ0v) is 14.3. The van der Waals surface area contributed by atoms with Crippen molar-refractivity contribution in [2.45, 2.75) is 0 Å². The molecule has 0 atom stereocenters. The lowest BCUT2D eigenvalue weighted by Gasteiger charge is -2.07. The number of carbonyl (C=O) groups excluding carboxylic acids is 1. The molecule has 0 aliphatic heterocycles. The molecule has 0 fully saturated rings. The van der Waals surface area contributed by atoms with Crippen LogP contribution < -0.4 is 10.2 Å². The van der Waals surface area contributed by atoms with Crippen LogP contribution in [0.15, 0.2) is 23.4 Å². The van der Waals surface area contributed by atoms with Gasteiger partial charge in [-0.25, -0.2) is 5.43 Å². The van der Waals surface area contributed by atoms with E-state index < -0.39 is 5.91 Å². The topological polar surface area (TPSA) is 79.4 Å². The number of benzene rings is 1. The third-order valence-corrected chi connectivity index (χ3v) is 3.75. The third-order valence-electron chi connectivity index (χ3n) is 2.43. The van der Waals surface area contributed by atoms with E-state index in [0.717, 1.165) is 0 Å². The van der Waals surface area contributed by atoms with Gasteiger partial charge >= 0.3 is 0 Å². The summed E-state index contributed by atoms with van der Waals surface area (Å²) in [7, 11) is 1.48. The van der Waals surface area contributed by atoms with Crippen LogP contribution in [0.3, 0.4) is 0 Å². The summed E-state index contributed by atoms with van der Waals surface area (Å²) in [5.41, 5.74) is 3.26. The SMILES string of the molecule is COc1c(Cl)cc(Cl)cc1/C=N/NC(=O)c1[nH]ncc1I. The Bertz CT molecular complexity index is 703. The summed E-state index contributed by atoms with van der Waals surface area (Å²) < 4.78 is 5.87. The molecule has 0 unspecified atom stereocenters. The van der Waals surface area contributed by atoms with Crippen LogP contribution in [0.1, 0.15) is 16.1 Å². The number of rotatable bonds is 4. The molecular formula is C12H9Cl2IN4O2. The Morgan fingerprint density at radius 1 is 1.52 bits per heavy atom. The lowest BCUT2D eigenvalue weighted by atomic mass is 10.2. The van der Waals surface area contributed by atoms with Gasteiger partial charge in [0.2, 0.25) is 0 Å². The largest absolute Gasteiger partial charge is 0.495 e. The van der Waals surface area contributed by atoms with Crippen molar-refractivity contribution in [2.75, 3.05) is 7.11 Å². The molecule has 1 aromatic carbocycles. The summed E-state index contributed by atoms with van der Waals surface area (Å²) in [5.74, 6) is 0.0235. The predicted octanol–water partition coefficient (Wildman–Crippen LogP) is 3.09. The Morgan fingerprint density at radius 2 is 2.29 bits per heavy atom. The molecule has 2 rings (SSSR count). The number of nitrogens with zero attached hydrogens (tertiary/aromatic N) is 2. The van der Waals surface area contributed by atoms with Gasteiger partial charge in [-0.3, -0.25) is 9.89 Å². The number of H-pyrrole nitrogens is 1. The highest BCUT2D eigenvalue weighted by atomic mass is 127. The monoisotopic (exact) mass is 438 g/mol. The summed E-state index contributed by atoms with van der Waals surface area (Å²) in [6.45, 7) is 0. The highest BCUT2D eigenvalue weighted by molar-refractivity contribution is 14.1. The second-order valence-corrected chi connectivity index (χ2v) is 5.81. The van der Waals surface area contributed by atoms with Crippen molar-refractivity contribution < 1.29 is 9.53 Å². The van der Waals surface area contributed by atoms with E-state index in [-0.39, 0.29) is 0 Å². The van der Waals surface area contributed by atoms with Crippen LogP contribution in [0.25, 0.3) is 0 Å². The van der Waals surface area contributed by atoms with Gasteiger partial charge in [0.1, 0.15) is 11.4 Å². The Morgan fingerprint density at radius 3 is 2.90 bits per heavy atom. The van der Waals surface area contributed by atoms with Crippen LogP contribution in [0.4, 0.5) is 0 Å². The average molecular weight is 439 g/mol. The van der Waals surface area contributed by atoms with E-state index in [1.807, 2.05) is 22.6 Å². The number of nitrogens with one attached hydrogen (secondary N) is 2. The van der Waals surface area contributed by atoms with Gasteiger partial charge in [0.15, 0.2) is 0 Å². The summed E-state index contributed by atoms with van der Waals surface area (Å²) >= 11 is 13.9. The van der Waals surface area contributed by atoms with E-state index in [0.29, 0.717) is 30.6 Å². The zero-order valence-electron chi connectivity index (χ0n) is 10.7. The molecule has 21 heavy (non-hydrogen) atoms. The molecule has 6 nitrogen and oxygen atoms in total. The minimum absolute atomic E-state index is 0.337. The Labute approximate surface area is 144 Å². The molecule has 0 radical (unpaired) electrons. The van der Waals surface area contributed by atoms with Crippen molar-refractivity contribution in [3.8, 4) is 5.75 Å². The number of aromatic nitrogens is 2. The van der Waals surface area contributed by atoms with Gasteiger partial charge in [-0.15, -0.1) is 0 Å². The molecule has 9 heteroatoms. The van der Waals surface area contributed by atoms with E-state index in [1.54, 1.807) is 18.3 Å². The number of amides is 1. The second kappa shape index (κ2) is 7.10. The standard InChI is InChI=1S/C12H9Cl2IN4O2/c1-21-11-6(2-7(13)3-8(11)14)4-16-19-12(20)10-9(15)5-17-18-10/h2-5H,1H3,(H,17,18)(H,19,20)/b16-4+. The van der Waals surface area contributed by atoms with E-state index >= 15 is 0 Å². The van der Waals surface area contributed by atoms with Crippen molar-refractivity contribution in [3.05, 3.63) is 43.2 Å². The molecule has 0 saturated heterocycles. The summed E-state index contributed by atoms with van der Waals surface area (Å²) in [6.07, 6.45) is 2.94. The molecule has 1 amide bonds. The predicted molar refractivity (Wildman–Crippen MR) is 89.4 cm³/mol. The van der Waals surface area contributed by atoms with Crippen LogP contribution in [0.2, 0.25) is 10.0 Å². The summed E-state index contributed by atoms with van der Waals surface area (Å²) in [5, 5.41) is 11.0. The van der Waals surface area contributed by atoms with Gasteiger partial charge < -0.3 is 4.74 Å². The van der Waals surface area contributed by atoms with Crippen molar-refractivity contribution >= 4 is 57.9 Å². The van der Waals surface area contributed by atoms with Crippen LogP contribution in [0.5, 0.6) is 5.75 Å². The fourth-order valence-electron chi connectivity index (χ4n) is 1.54. The van der Waals surface area contributed by atoms with Crippen LogP contribution in [-0.2, 0) is 0 Å². The number of aromatic amines is 1. The highest BCUT2D eigenvalue weighted by Crippen LogP contribution is 2.31. The molecule has 2 aromatic rings. The first-order valence-electron chi connectivity index (χ1n) is 5.58. The number of hydrazone groups is 1. The normalized spacial score (nSPS) is 10.9.